The van der Waals surface area contributed by atoms with Crippen molar-refractivity contribution < 1.29 is 17.9 Å². The summed E-state index contributed by atoms with van der Waals surface area (Å²) in [6.07, 6.45) is 2.63. The topological polar surface area (TPSA) is 72.5 Å². The van der Waals surface area contributed by atoms with E-state index in [1.54, 1.807) is 24.3 Å². The number of carbonyl (C=O) groups excluding carboxylic acids is 1. The lowest BCUT2D eigenvalue weighted by Gasteiger charge is -2.27. The Kier molecular flexibility index (Phi) is 5.61. The van der Waals surface area contributed by atoms with Gasteiger partial charge in [-0.3, -0.25) is 4.79 Å². The molecule has 0 radical (unpaired) electrons. The first-order valence-corrected chi connectivity index (χ1v) is 9.34. The van der Waals surface area contributed by atoms with Crippen LogP contribution in [-0.4, -0.2) is 27.5 Å². The van der Waals surface area contributed by atoms with E-state index in [9.17, 15) is 13.2 Å². The van der Waals surface area contributed by atoms with Crippen LogP contribution in [0, 0.1) is 9.49 Å². The molecule has 1 saturated carbocycles. The van der Waals surface area contributed by atoms with Crippen LogP contribution in [-0.2, 0) is 19.6 Å². The second-order valence-corrected chi connectivity index (χ2v) is 8.11. The van der Waals surface area contributed by atoms with Crippen molar-refractivity contribution in [3.63, 3.8) is 0 Å². The van der Waals surface area contributed by atoms with Crippen LogP contribution in [0.2, 0.25) is 0 Å². The molecule has 0 saturated heterocycles. The molecular weight excluding hydrogens is 405 g/mol. The smallest absolute Gasteiger partial charge is 0.308 e. The number of halogens is 1. The third-order valence-electron chi connectivity index (χ3n) is 3.71. The largest absolute Gasteiger partial charge is 0.469 e. The van der Waals surface area contributed by atoms with Gasteiger partial charge in [0.2, 0.25) is 10.0 Å². The van der Waals surface area contributed by atoms with Gasteiger partial charge in [-0.2, -0.15) is 0 Å². The van der Waals surface area contributed by atoms with Crippen LogP contribution >= 0.6 is 22.6 Å². The molecule has 7 heteroatoms. The van der Waals surface area contributed by atoms with Gasteiger partial charge in [-0.05, 0) is 72.5 Å². The molecular formula is C14H18INO4S. The third kappa shape index (κ3) is 4.40. The molecule has 0 bridgehead atoms. The highest BCUT2D eigenvalue weighted by Crippen LogP contribution is 2.26. The van der Waals surface area contributed by atoms with Gasteiger partial charge in [0, 0.05) is 9.61 Å². The minimum Gasteiger partial charge on any atom is -0.469 e. The quantitative estimate of drug-likeness (QED) is 0.596. The van der Waals surface area contributed by atoms with Gasteiger partial charge in [-0.1, -0.05) is 0 Å². The lowest BCUT2D eigenvalue weighted by atomic mass is 9.86. The van der Waals surface area contributed by atoms with Gasteiger partial charge in [0.1, 0.15) is 0 Å². The lowest BCUT2D eigenvalue weighted by molar-refractivity contribution is -0.146. The summed E-state index contributed by atoms with van der Waals surface area (Å²) >= 11 is 2.13. The normalized spacial score (nSPS) is 22.8. The van der Waals surface area contributed by atoms with Crippen LogP contribution in [0.5, 0.6) is 0 Å². The molecule has 5 nitrogen and oxygen atoms in total. The monoisotopic (exact) mass is 423 g/mol. The van der Waals surface area contributed by atoms with Crippen LogP contribution in [0.3, 0.4) is 0 Å². The number of nitrogens with one attached hydrogen (secondary N) is 1. The molecule has 2 rings (SSSR count). The molecule has 0 aromatic heterocycles. The van der Waals surface area contributed by atoms with E-state index in [1.807, 2.05) is 0 Å². The van der Waals surface area contributed by atoms with Gasteiger partial charge in [0.05, 0.1) is 17.9 Å². The molecule has 1 aromatic carbocycles. The highest BCUT2D eigenvalue weighted by atomic mass is 127. The maximum atomic E-state index is 12.3. The van der Waals surface area contributed by atoms with Crippen LogP contribution in [0.15, 0.2) is 29.2 Å². The Hall–Kier alpha value is -0.670. The summed E-state index contributed by atoms with van der Waals surface area (Å²) in [6, 6.07) is 6.62. The van der Waals surface area contributed by atoms with Gasteiger partial charge in [0.15, 0.2) is 0 Å². The van der Waals surface area contributed by atoms with E-state index in [4.69, 9.17) is 4.74 Å². The van der Waals surface area contributed by atoms with E-state index in [0.29, 0.717) is 25.7 Å². The number of methoxy groups -OCH3 is 1. The fourth-order valence-electron chi connectivity index (χ4n) is 2.51. The third-order valence-corrected chi connectivity index (χ3v) is 5.96. The number of sulfonamides is 1. The van der Waals surface area contributed by atoms with E-state index in [2.05, 4.69) is 27.3 Å². The molecule has 1 fully saturated rings. The Balaban J connectivity index is 1.96. The molecule has 1 aliphatic rings. The Morgan fingerprint density at radius 2 is 1.76 bits per heavy atom. The molecule has 0 spiro atoms. The fourth-order valence-corrected chi connectivity index (χ4v) is 4.18. The standard InChI is InChI=1S/C14H18INO4S/c1-20-14(17)10-2-6-12(7-3-10)16-21(18,19)13-8-4-11(15)5-9-13/h4-5,8-10,12,16H,2-3,6-7H2,1H3. The van der Waals surface area contributed by atoms with Gasteiger partial charge in [0.25, 0.3) is 0 Å². The van der Waals surface area contributed by atoms with Crippen molar-refractivity contribution in [2.75, 3.05) is 7.11 Å². The minimum atomic E-state index is -3.49. The highest BCUT2D eigenvalue weighted by Gasteiger charge is 2.29. The van der Waals surface area contributed by atoms with E-state index < -0.39 is 10.0 Å². The predicted octanol–water partition coefficient (Wildman–Crippen LogP) is 2.30. The first-order valence-electron chi connectivity index (χ1n) is 6.78. The van der Waals surface area contributed by atoms with Crippen LogP contribution in [0.1, 0.15) is 25.7 Å². The number of carbonyl (C=O) groups is 1. The molecule has 0 aliphatic heterocycles. The summed E-state index contributed by atoms with van der Waals surface area (Å²) in [5, 5.41) is 0. The van der Waals surface area contributed by atoms with Gasteiger partial charge < -0.3 is 4.74 Å². The molecule has 1 aromatic rings. The van der Waals surface area contributed by atoms with E-state index in [1.165, 1.54) is 7.11 Å². The Bertz CT molecular complexity index is 592. The molecule has 0 unspecified atom stereocenters. The van der Waals surface area contributed by atoms with Crippen molar-refractivity contribution in [1.82, 2.24) is 4.72 Å². The molecule has 0 amide bonds. The number of hydrogen-bond acceptors (Lipinski definition) is 4. The van der Waals surface area contributed by atoms with Crippen LogP contribution in [0.4, 0.5) is 0 Å². The summed E-state index contributed by atoms with van der Waals surface area (Å²) in [7, 11) is -2.11. The minimum absolute atomic E-state index is 0.103. The summed E-state index contributed by atoms with van der Waals surface area (Å²) in [4.78, 5) is 11.7. The SMILES string of the molecule is COC(=O)C1CCC(NS(=O)(=O)c2ccc(I)cc2)CC1. The maximum Gasteiger partial charge on any atom is 0.308 e. The second-order valence-electron chi connectivity index (χ2n) is 5.15. The van der Waals surface area contributed by atoms with Crippen molar-refractivity contribution in [2.45, 2.75) is 36.6 Å². The first kappa shape index (κ1) is 16.7. The predicted molar refractivity (Wildman–Crippen MR) is 87.2 cm³/mol. The van der Waals surface area contributed by atoms with Gasteiger partial charge in [-0.25, -0.2) is 13.1 Å². The highest BCUT2D eigenvalue weighted by molar-refractivity contribution is 14.1. The Labute approximate surface area is 138 Å². The zero-order chi connectivity index (χ0) is 15.5. The number of esters is 1. The van der Waals surface area contributed by atoms with Gasteiger partial charge >= 0.3 is 5.97 Å². The molecule has 1 aliphatic carbocycles. The van der Waals surface area contributed by atoms with Crippen molar-refractivity contribution in [3.8, 4) is 0 Å². The zero-order valence-electron chi connectivity index (χ0n) is 11.7. The van der Waals surface area contributed by atoms with Crippen molar-refractivity contribution in [3.05, 3.63) is 27.8 Å². The Morgan fingerprint density at radius 3 is 2.29 bits per heavy atom. The van der Waals surface area contributed by atoms with Crippen LogP contribution in [0.25, 0.3) is 0 Å². The summed E-state index contributed by atoms with van der Waals surface area (Å²) in [6.45, 7) is 0. The Morgan fingerprint density at radius 1 is 1.19 bits per heavy atom. The number of hydrogen-bond donors (Lipinski definition) is 1. The van der Waals surface area contributed by atoms with E-state index in [-0.39, 0.29) is 22.8 Å². The fraction of sp³-hybridized carbons (Fsp3) is 0.500. The molecule has 0 atom stereocenters. The zero-order valence-corrected chi connectivity index (χ0v) is 14.7. The summed E-state index contributed by atoms with van der Waals surface area (Å²) in [5.74, 6) is -0.303. The van der Waals surface area contributed by atoms with Crippen molar-refractivity contribution in [1.29, 1.82) is 0 Å². The van der Waals surface area contributed by atoms with Gasteiger partial charge in [-0.15, -0.1) is 0 Å². The molecule has 116 valence electrons. The van der Waals surface area contributed by atoms with Crippen molar-refractivity contribution >= 4 is 38.6 Å². The average Bonchev–Trinajstić information content (AvgIpc) is 2.47. The summed E-state index contributed by atoms with van der Waals surface area (Å²) in [5.41, 5.74) is 0. The van der Waals surface area contributed by atoms with Crippen molar-refractivity contribution in [2.24, 2.45) is 5.92 Å². The first-order chi connectivity index (χ1) is 9.92. The molecule has 21 heavy (non-hydrogen) atoms. The average molecular weight is 423 g/mol. The lowest BCUT2D eigenvalue weighted by Crippen LogP contribution is -2.38. The molecule has 0 heterocycles. The number of benzene rings is 1. The molecule has 1 N–H and O–H groups in total. The maximum absolute atomic E-state index is 12.3. The second kappa shape index (κ2) is 7.06. The van der Waals surface area contributed by atoms with Crippen LogP contribution < -0.4 is 4.72 Å². The van der Waals surface area contributed by atoms with E-state index in [0.717, 1.165) is 3.57 Å². The number of ether oxygens (including phenoxy) is 1. The number of rotatable bonds is 4. The summed E-state index contributed by atoms with van der Waals surface area (Å²) < 4.78 is 33.0. The van der Waals surface area contributed by atoms with E-state index >= 15 is 0 Å².